The van der Waals surface area contributed by atoms with Gasteiger partial charge in [-0.2, -0.15) is 0 Å². The van der Waals surface area contributed by atoms with Crippen molar-refractivity contribution in [1.29, 1.82) is 0 Å². The fourth-order valence-electron chi connectivity index (χ4n) is 2.54. The molecule has 0 aromatic heterocycles. The fraction of sp³-hybridized carbons (Fsp3) is 0.538. The lowest BCUT2D eigenvalue weighted by Gasteiger charge is -2.55. The summed E-state index contributed by atoms with van der Waals surface area (Å²) >= 11 is 1.31. The minimum absolute atomic E-state index is 0.138. The van der Waals surface area contributed by atoms with Gasteiger partial charge < -0.3 is 20.4 Å². The minimum atomic E-state index is -1.27. The molecule has 2 atom stereocenters. The topological polar surface area (TPSA) is 127 Å². The average molecular weight is 328 g/mol. The quantitative estimate of drug-likeness (QED) is 0.379. The molecule has 22 heavy (non-hydrogen) atoms. The van der Waals surface area contributed by atoms with Crippen LogP contribution < -0.4 is 5.73 Å². The number of esters is 1. The van der Waals surface area contributed by atoms with Gasteiger partial charge in [0.15, 0.2) is 0 Å². The van der Waals surface area contributed by atoms with Crippen molar-refractivity contribution in [2.75, 3.05) is 12.4 Å². The number of nitrogens with zero attached hydrogens (tertiary/aromatic N) is 1. The summed E-state index contributed by atoms with van der Waals surface area (Å²) < 4.78 is 4.83. The zero-order valence-electron chi connectivity index (χ0n) is 11.9. The number of carbonyl (C=O) groups is 4. The molecule has 9 heteroatoms. The van der Waals surface area contributed by atoms with Crippen molar-refractivity contribution in [2.45, 2.75) is 30.7 Å². The molecule has 2 aliphatic heterocycles. The van der Waals surface area contributed by atoms with Gasteiger partial charge in [0.25, 0.3) is 5.91 Å². The Labute approximate surface area is 130 Å². The van der Waals surface area contributed by atoms with Crippen LogP contribution in [0.1, 0.15) is 19.8 Å². The van der Waals surface area contributed by atoms with Gasteiger partial charge in [0.2, 0.25) is 0 Å². The summed E-state index contributed by atoms with van der Waals surface area (Å²) in [4.78, 5) is 46.3. The summed E-state index contributed by atoms with van der Waals surface area (Å²) in [5, 5.41) is 8.84. The second kappa shape index (κ2) is 6.09. The molecule has 0 bridgehead atoms. The van der Waals surface area contributed by atoms with Gasteiger partial charge in [-0.25, -0.2) is 4.79 Å². The molecule has 1 amide bonds. The highest BCUT2D eigenvalue weighted by atomic mass is 32.2. The third-order valence-corrected chi connectivity index (χ3v) is 5.07. The third-order valence-electron chi connectivity index (χ3n) is 3.61. The lowest BCUT2D eigenvalue weighted by atomic mass is 9.83. The maximum absolute atomic E-state index is 12.3. The van der Waals surface area contributed by atoms with E-state index in [1.807, 2.05) is 0 Å². The Kier molecular flexibility index (Phi) is 4.57. The number of fused-ring (bicyclic) bond motifs is 1. The summed E-state index contributed by atoms with van der Waals surface area (Å²) in [5.74, 6) is -2.02. The van der Waals surface area contributed by atoms with Crippen LogP contribution in [0.3, 0.4) is 0 Å². The van der Waals surface area contributed by atoms with E-state index in [-0.39, 0.29) is 25.1 Å². The highest BCUT2D eigenvalue weighted by Crippen LogP contribution is 2.46. The van der Waals surface area contributed by atoms with Gasteiger partial charge in [-0.3, -0.25) is 14.5 Å². The van der Waals surface area contributed by atoms with Crippen molar-refractivity contribution in [3.05, 3.63) is 11.3 Å². The lowest BCUT2D eigenvalue weighted by Crippen LogP contribution is -2.77. The zero-order valence-corrected chi connectivity index (χ0v) is 12.7. The van der Waals surface area contributed by atoms with Crippen molar-refractivity contribution in [1.82, 2.24) is 4.90 Å². The van der Waals surface area contributed by atoms with Crippen molar-refractivity contribution < 1.29 is 29.0 Å². The molecule has 2 heterocycles. The smallest absolute Gasteiger partial charge is 0.352 e. The number of ether oxygens (including phenoxy) is 1. The molecule has 0 aromatic carbocycles. The Morgan fingerprint density at radius 3 is 2.82 bits per heavy atom. The van der Waals surface area contributed by atoms with Gasteiger partial charge in [0.05, 0.1) is 0 Å². The molecule has 8 nitrogen and oxygen atoms in total. The number of nitrogens with two attached hydrogens (primary N) is 1. The van der Waals surface area contributed by atoms with Crippen molar-refractivity contribution in [2.24, 2.45) is 5.73 Å². The summed E-state index contributed by atoms with van der Waals surface area (Å²) in [6.45, 7) is 1.05. The fourth-order valence-corrected chi connectivity index (χ4v) is 3.99. The van der Waals surface area contributed by atoms with E-state index in [4.69, 9.17) is 10.5 Å². The normalized spacial score (nSPS) is 27.1. The Balaban J connectivity index is 2.26. The number of carbonyl (C=O) groups excluding carboxylic acids is 3. The summed E-state index contributed by atoms with van der Waals surface area (Å²) in [7, 11) is 0. The average Bonchev–Trinajstić information content (AvgIpc) is 2.48. The molecule has 3 N–H and O–H groups in total. The molecule has 2 rings (SSSR count). The maximum atomic E-state index is 12.3. The van der Waals surface area contributed by atoms with Crippen LogP contribution >= 0.6 is 11.8 Å². The first-order chi connectivity index (χ1) is 10.3. The highest BCUT2D eigenvalue weighted by molar-refractivity contribution is 8.00. The number of amides is 1. The molecule has 0 aromatic rings. The van der Waals surface area contributed by atoms with Crippen LogP contribution in [-0.4, -0.2) is 57.4 Å². The van der Waals surface area contributed by atoms with Crippen LogP contribution in [0.4, 0.5) is 0 Å². The Hall–Kier alpha value is -1.87. The molecule has 1 saturated heterocycles. The first-order valence-corrected chi connectivity index (χ1v) is 7.64. The number of β-lactam (4-membered cyclic amide) rings is 1. The number of aldehydes is 1. The molecule has 0 saturated carbocycles. The van der Waals surface area contributed by atoms with E-state index in [0.29, 0.717) is 17.6 Å². The van der Waals surface area contributed by atoms with Gasteiger partial charge in [0, 0.05) is 24.7 Å². The SMILES string of the molecule is CC(=O)OCC1=C(C(=O)O)N2C(=O)C(N)(CCC=O)[C@H]2SC1. The van der Waals surface area contributed by atoms with E-state index < -0.39 is 28.8 Å². The second-order valence-corrected chi connectivity index (χ2v) is 6.19. The number of rotatable bonds is 6. The lowest BCUT2D eigenvalue weighted by molar-refractivity contribution is -0.155. The molecular formula is C13H16N2O6S. The summed E-state index contributed by atoms with van der Waals surface area (Å²) in [6.07, 6.45) is 0.993. The molecule has 2 aliphatic rings. The van der Waals surface area contributed by atoms with Crippen molar-refractivity contribution in [3.8, 4) is 0 Å². The number of thioether (sulfide) groups is 1. The summed E-state index contributed by atoms with van der Waals surface area (Å²) in [6, 6.07) is 0. The first-order valence-electron chi connectivity index (χ1n) is 6.59. The Morgan fingerprint density at radius 2 is 2.27 bits per heavy atom. The molecule has 1 fully saturated rings. The van der Waals surface area contributed by atoms with Gasteiger partial charge in [-0.05, 0) is 6.42 Å². The Bertz CT molecular complexity index is 575. The number of carboxylic acid groups (broad SMARTS) is 1. The van der Waals surface area contributed by atoms with Gasteiger partial charge >= 0.3 is 11.9 Å². The van der Waals surface area contributed by atoms with Crippen LogP contribution in [0.25, 0.3) is 0 Å². The molecule has 0 radical (unpaired) electrons. The van der Waals surface area contributed by atoms with E-state index in [1.165, 1.54) is 18.7 Å². The zero-order chi connectivity index (χ0) is 16.5. The van der Waals surface area contributed by atoms with E-state index in [1.54, 1.807) is 0 Å². The predicted molar refractivity (Wildman–Crippen MR) is 76.6 cm³/mol. The molecule has 1 unspecified atom stereocenters. The second-order valence-electron chi connectivity index (χ2n) is 5.12. The number of carboxylic acids is 1. The molecule has 0 spiro atoms. The van der Waals surface area contributed by atoms with E-state index in [2.05, 4.69) is 0 Å². The van der Waals surface area contributed by atoms with Crippen LogP contribution in [0.15, 0.2) is 11.3 Å². The van der Waals surface area contributed by atoms with E-state index >= 15 is 0 Å². The monoisotopic (exact) mass is 328 g/mol. The van der Waals surface area contributed by atoms with Crippen molar-refractivity contribution >= 4 is 35.9 Å². The molecule has 0 aliphatic carbocycles. The van der Waals surface area contributed by atoms with E-state index in [9.17, 15) is 24.3 Å². The van der Waals surface area contributed by atoms with Crippen LogP contribution in [0, 0.1) is 0 Å². The van der Waals surface area contributed by atoms with Gasteiger partial charge in [-0.1, -0.05) is 0 Å². The molecule has 120 valence electrons. The standard InChI is InChI=1S/C13H16N2O6S/c1-7(17)21-5-8-6-22-12-13(14,3-2-4-16)11(20)15(12)9(8)10(18)19/h4,12H,2-3,5-6,14H2,1H3,(H,18,19)/t12-,13?/m1/s1. The first kappa shape index (κ1) is 16.5. The number of hydrogen-bond donors (Lipinski definition) is 2. The molecular weight excluding hydrogens is 312 g/mol. The van der Waals surface area contributed by atoms with Crippen LogP contribution in [-0.2, 0) is 23.9 Å². The van der Waals surface area contributed by atoms with Gasteiger partial charge in [0.1, 0.15) is 29.5 Å². The highest BCUT2D eigenvalue weighted by Gasteiger charge is 2.61. The summed E-state index contributed by atoms with van der Waals surface area (Å²) in [5.41, 5.74) is 5.00. The van der Waals surface area contributed by atoms with Crippen LogP contribution in [0.5, 0.6) is 0 Å². The Morgan fingerprint density at radius 1 is 1.59 bits per heavy atom. The minimum Gasteiger partial charge on any atom is -0.477 e. The largest absolute Gasteiger partial charge is 0.477 e. The van der Waals surface area contributed by atoms with Crippen molar-refractivity contribution in [3.63, 3.8) is 0 Å². The number of hydrogen-bond acceptors (Lipinski definition) is 7. The van der Waals surface area contributed by atoms with E-state index in [0.717, 1.165) is 4.90 Å². The number of aliphatic carboxylic acids is 1. The van der Waals surface area contributed by atoms with Crippen LogP contribution in [0.2, 0.25) is 0 Å². The van der Waals surface area contributed by atoms with Gasteiger partial charge in [-0.15, -0.1) is 11.8 Å². The third kappa shape index (κ3) is 2.61. The maximum Gasteiger partial charge on any atom is 0.352 e. The predicted octanol–water partition coefficient (Wildman–Crippen LogP) is -0.520.